The lowest BCUT2D eigenvalue weighted by Gasteiger charge is -2.19. The first-order chi connectivity index (χ1) is 12.9. The normalized spacial score (nSPS) is 12.1. The van der Waals surface area contributed by atoms with Gasteiger partial charge in [-0.15, -0.1) is 0 Å². The molecule has 7 nitrogen and oxygen atoms in total. The summed E-state index contributed by atoms with van der Waals surface area (Å²) in [6.45, 7) is 5.72. The second-order valence-corrected chi connectivity index (χ2v) is 6.10. The minimum Gasteiger partial charge on any atom is -0.508 e. The Morgan fingerprint density at radius 3 is 2.96 bits per heavy atom. The molecule has 0 aliphatic heterocycles. The molecule has 0 amide bonds. The molecule has 0 saturated carbocycles. The van der Waals surface area contributed by atoms with Crippen molar-refractivity contribution in [3.05, 3.63) is 53.1 Å². The van der Waals surface area contributed by atoms with Crippen LogP contribution >= 0.6 is 11.6 Å². The summed E-state index contributed by atoms with van der Waals surface area (Å²) in [6, 6.07) is 2.69. The molecule has 3 rings (SSSR count). The Bertz CT molecular complexity index is 992. The number of aliphatic hydroxyl groups excluding tert-OH is 1. The Balaban J connectivity index is 1.94. The number of rotatable bonds is 7. The molecular formula is C18H18ClFN4O3. The third-order valence-electron chi connectivity index (χ3n) is 3.84. The van der Waals surface area contributed by atoms with Crippen molar-refractivity contribution in [2.75, 3.05) is 13.2 Å². The molecule has 142 valence electrons. The number of benzene rings is 1. The Kier molecular flexibility index (Phi) is 5.48. The van der Waals surface area contributed by atoms with Crippen LogP contribution in [-0.2, 0) is 0 Å². The zero-order chi connectivity index (χ0) is 19.6. The molecule has 1 atom stereocenters. The van der Waals surface area contributed by atoms with Crippen LogP contribution in [0.5, 0.6) is 11.6 Å². The molecule has 1 aromatic carbocycles. The topological polar surface area (TPSA) is 106 Å². The molecular weight excluding hydrogens is 375 g/mol. The van der Waals surface area contributed by atoms with Crippen molar-refractivity contribution >= 4 is 28.5 Å². The number of nitrogens with one attached hydrogen (secondary N) is 1. The summed E-state index contributed by atoms with van der Waals surface area (Å²) >= 11 is 6.13. The highest BCUT2D eigenvalue weighted by Crippen LogP contribution is 2.36. The second kappa shape index (κ2) is 7.81. The maximum atomic E-state index is 14.0. The molecule has 0 bridgehead atoms. The highest BCUT2D eigenvalue weighted by atomic mass is 35.5. The number of nitrogens with two attached hydrogens (primary N) is 1. The van der Waals surface area contributed by atoms with Gasteiger partial charge in [-0.25, -0.2) is 14.4 Å². The van der Waals surface area contributed by atoms with Gasteiger partial charge < -0.3 is 25.3 Å². The van der Waals surface area contributed by atoms with Gasteiger partial charge in [0, 0.05) is 12.7 Å². The lowest BCUT2D eigenvalue weighted by atomic mass is 10.1. The standard InChI is InChI=1S/C18H18ClFN4O3/c1-9(25)11-7-22-18-17(11)24-14(8-23-18)27-10(2)15-13(26-6-5-21)4-3-12(20)16(15)19/h3-4,7-8,10,25H,1,5-6,21H2,2H3,(H,22,23). The predicted molar refractivity (Wildman–Crippen MR) is 101 cm³/mol. The first-order valence-corrected chi connectivity index (χ1v) is 8.50. The molecule has 2 heterocycles. The average Bonchev–Trinajstić information content (AvgIpc) is 3.06. The van der Waals surface area contributed by atoms with Gasteiger partial charge in [0.1, 0.15) is 35.6 Å². The average molecular weight is 393 g/mol. The van der Waals surface area contributed by atoms with Crippen LogP contribution in [0.1, 0.15) is 24.2 Å². The van der Waals surface area contributed by atoms with Gasteiger partial charge in [-0.2, -0.15) is 0 Å². The second-order valence-electron chi connectivity index (χ2n) is 5.72. The Morgan fingerprint density at radius 1 is 1.48 bits per heavy atom. The van der Waals surface area contributed by atoms with Crippen LogP contribution in [0.3, 0.4) is 0 Å². The third kappa shape index (κ3) is 3.81. The fourth-order valence-corrected chi connectivity index (χ4v) is 2.92. The number of fused-ring (bicyclic) bond motifs is 1. The first-order valence-electron chi connectivity index (χ1n) is 8.12. The van der Waals surface area contributed by atoms with Crippen molar-refractivity contribution in [2.24, 2.45) is 5.73 Å². The molecule has 0 saturated heterocycles. The molecule has 4 N–H and O–H groups in total. The number of nitrogens with zero attached hydrogens (tertiary/aromatic N) is 2. The van der Waals surface area contributed by atoms with Crippen LogP contribution in [0.4, 0.5) is 4.39 Å². The largest absolute Gasteiger partial charge is 0.508 e. The van der Waals surface area contributed by atoms with Crippen LogP contribution in [-0.4, -0.2) is 33.2 Å². The third-order valence-corrected chi connectivity index (χ3v) is 4.23. The van der Waals surface area contributed by atoms with Gasteiger partial charge in [0.2, 0.25) is 5.88 Å². The van der Waals surface area contributed by atoms with E-state index in [0.717, 1.165) is 0 Å². The van der Waals surface area contributed by atoms with E-state index in [0.29, 0.717) is 34.6 Å². The van der Waals surface area contributed by atoms with Crippen molar-refractivity contribution in [3.8, 4) is 11.6 Å². The fraction of sp³-hybridized carbons (Fsp3) is 0.222. The Labute approximate surface area is 159 Å². The Morgan fingerprint density at radius 2 is 2.26 bits per heavy atom. The quantitative estimate of drug-likeness (QED) is 0.528. The van der Waals surface area contributed by atoms with Gasteiger partial charge in [-0.3, -0.25) is 0 Å². The number of H-pyrrole nitrogens is 1. The van der Waals surface area contributed by atoms with Gasteiger partial charge >= 0.3 is 0 Å². The van der Waals surface area contributed by atoms with Gasteiger partial charge in [0.15, 0.2) is 5.65 Å². The smallest absolute Gasteiger partial charge is 0.233 e. The lowest BCUT2D eigenvalue weighted by Crippen LogP contribution is -2.14. The van der Waals surface area contributed by atoms with Gasteiger partial charge in [0.25, 0.3) is 0 Å². The van der Waals surface area contributed by atoms with E-state index < -0.39 is 11.9 Å². The van der Waals surface area contributed by atoms with Crippen molar-refractivity contribution in [1.29, 1.82) is 0 Å². The van der Waals surface area contributed by atoms with E-state index in [9.17, 15) is 9.50 Å². The van der Waals surface area contributed by atoms with E-state index in [2.05, 4.69) is 21.5 Å². The van der Waals surface area contributed by atoms with Crippen LogP contribution in [0.2, 0.25) is 5.02 Å². The number of halogens is 2. The SMILES string of the molecule is C=C(O)c1c[nH]c2ncc(OC(C)c3c(OCCN)ccc(F)c3Cl)nc12. The summed E-state index contributed by atoms with van der Waals surface area (Å²) < 4.78 is 25.3. The number of hydrogen-bond acceptors (Lipinski definition) is 6. The minimum atomic E-state index is -0.688. The van der Waals surface area contributed by atoms with E-state index in [4.69, 9.17) is 26.8 Å². The molecule has 27 heavy (non-hydrogen) atoms. The van der Waals surface area contributed by atoms with E-state index >= 15 is 0 Å². The summed E-state index contributed by atoms with van der Waals surface area (Å²) in [5.41, 5.74) is 7.08. The molecule has 0 radical (unpaired) electrons. The Hall–Kier alpha value is -2.84. The lowest BCUT2D eigenvalue weighted by molar-refractivity contribution is 0.208. The molecule has 3 aromatic rings. The van der Waals surface area contributed by atoms with E-state index in [1.807, 2.05) is 0 Å². The number of hydrogen-bond donors (Lipinski definition) is 3. The van der Waals surface area contributed by atoms with Gasteiger partial charge in [-0.05, 0) is 19.1 Å². The summed E-state index contributed by atoms with van der Waals surface area (Å²) in [7, 11) is 0. The van der Waals surface area contributed by atoms with Crippen molar-refractivity contribution in [3.63, 3.8) is 0 Å². The molecule has 0 spiro atoms. The molecule has 9 heteroatoms. The number of aliphatic hydroxyl groups is 1. The maximum absolute atomic E-state index is 14.0. The minimum absolute atomic E-state index is 0.0999. The van der Waals surface area contributed by atoms with Crippen molar-refractivity contribution in [2.45, 2.75) is 13.0 Å². The fourth-order valence-electron chi connectivity index (χ4n) is 2.61. The van der Waals surface area contributed by atoms with Crippen molar-refractivity contribution < 1.29 is 19.0 Å². The van der Waals surface area contributed by atoms with Crippen LogP contribution < -0.4 is 15.2 Å². The van der Waals surface area contributed by atoms with Crippen molar-refractivity contribution in [1.82, 2.24) is 15.0 Å². The number of ether oxygens (including phenoxy) is 2. The van der Waals surface area contributed by atoms with Gasteiger partial charge in [0.05, 0.1) is 22.3 Å². The maximum Gasteiger partial charge on any atom is 0.233 e. The van der Waals surface area contributed by atoms with E-state index in [1.54, 1.807) is 13.1 Å². The molecule has 0 aliphatic carbocycles. The number of aromatic amines is 1. The highest BCUT2D eigenvalue weighted by molar-refractivity contribution is 6.31. The summed E-state index contributed by atoms with van der Waals surface area (Å²) in [4.78, 5) is 11.4. The monoisotopic (exact) mass is 392 g/mol. The van der Waals surface area contributed by atoms with E-state index in [1.165, 1.54) is 18.3 Å². The predicted octanol–water partition coefficient (Wildman–Crippen LogP) is 3.76. The molecule has 1 unspecified atom stereocenters. The van der Waals surface area contributed by atoms with E-state index in [-0.39, 0.29) is 23.3 Å². The molecule has 2 aromatic heterocycles. The summed E-state index contributed by atoms with van der Waals surface area (Å²) in [5.74, 6) is -0.193. The zero-order valence-electron chi connectivity index (χ0n) is 14.5. The van der Waals surface area contributed by atoms with Crippen LogP contribution in [0.15, 0.2) is 31.1 Å². The first kappa shape index (κ1) is 18.9. The number of aromatic nitrogens is 3. The molecule has 0 fully saturated rings. The zero-order valence-corrected chi connectivity index (χ0v) is 15.3. The van der Waals surface area contributed by atoms with Gasteiger partial charge in [-0.1, -0.05) is 18.2 Å². The summed E-state index contributed by atoms with van der Waals surface area (Å²) in [5, 5.41) is 9.54. The summed E-state index contributed by atoms with van der Waals surface area (Å²) in [6.07, 6.45) is 2.27. The van der Waals surface area contributed by atoms with Crippen LogP contribution in [0, 0.1) is 5.82 Å². The molecule has 0 aliphatic rings. The highest BCUT2D eigenvalue weighted by Gasteiger charge is 2.21. The van der Waals surface area contributed by atoms with Crippen LogP contribution in [0.25, 0.3) is 16.9 Å².